The summed E-state index contributed by atoms with van der Waals surface area (Å²) in [6.07, 6.45) is -0.0948. The van der Waals surface area contributed by atoms with Gasteiger partial charge in [0.05, 0.1) is 24.0 Å². The molecule has 0 unspecified atom stereocenters. The molecule has 0 saturated heterocycles. The van der Waals surface area contributed by atoms with Gasteiger partial charge in [-0.1, -0.05) is 6.07 Å². The molecular weight excluding hydrogens is 234 g/mol. The molecule has 0 radical (unpaired) electrons. The maximum absolute atomic E-state index is 11.4. The topological polar surface area (TPSA) is 88.0 Å². The van der Waals surface area contributed by atoms with Gasteiger partial charge in [-0.3, -0.25) is 9.59 Å². The Morgan fingerprint density at radius 2 is 2.06 bits per heavy atom. The lowest BCUT2D eigenvalue weighted by Gasteiger charge is -2.04. The first kappa shape index (κ1) is 12.1. The zero-order valence-electron chi connectivity index (χ0n) is 9.77. The van der Waals surface area contributed by atoms with Gasteiger partial charge in [-0.2, -0.15) is 9.98 Å². The van der Waals surface area contributed by atoms with Crippen molar-refractivity contribution >= 4 is 23.3 Å². The normalized spacial score (nSPS) is 12.4. The lowest BCUT2D eigenvalue weighted by Crippen LogP contribution is -2.27. The van der Waals surface area contributed by atoms with E-state index in [1.54, 1.807) is 18.2 Å². The average Bonchev–Trinajstić information content (AvgIpc) is 2.66. The fraction of sp³-hybridized carbons (Fsp3) is 0.250. The molecule has 6 nitrogen and oxygen atoms in total. The third kappa shape index (κ3) is 2.65. The number of carbonyl (C=O) groups excluding carboxylic acids is 3. The molecule has 18 heavy (non-hydrogen) atoms. The zero-order valence-corrected chi connectivity index (χ0v) is 9.77. The van der Waals surface area contributed by atoms with Crippen LogP contribution in [0.5, 0.6) is 0 Å². The highest BCUT2D eigenvalue weighted by Crippen LogP contribution is 1.99. The molecule has 2 amide bonds. The third-order valence-corrected chi connectivity index (χ3v) is 2.36. The molecule has 0 atom stereocenters. The van der Waals surface area contributed by atoms with Crippen molar-refractivity contribution in [2.45, 2.75) is 13.3 Å². The van der Waals surface area contributed by atoms with E-state index < -0.39 is 6.03 Å². The number of ketones is 2. The quantitative estimate of drug-likeness (QED) is 0.741. The van der Waals surface area contributed by atoms with Crippen molar-refractivity contribution in [2.24, 2.45) is 9.98 Å². The van der Waals surface area contributed by atoms with Gasteiger partial charge in [0.1, 0.15) is 11.1 Å². The molecule has 0 fully saturated rings. The smallest absolute Gasteiger partial charge is 0.368 e. The Kier molecular flexibility index (Phi) is 3.27. The summed E-state index contributed by atoms with van der Waals surface area (Å²) in [7, 11) is 0. The molecule has 1 aromatic rings. The number of fused-ring (bicyclic) bond motifs is 1. The third-order valence-electron chi connectivity index (χ3n) is 2.36. The number of hydrogen-bond acceptors (Lipinski definition) is 4. The first-order valence-electron chi connectivity index (χ1n) is 5.42. The molecule has 6 heteroatoms. The number of rotatable bonds is 5. The highest BCUT2D eigenvalue weighted by Gasteiger charge is 2.10. The van der Waals surface area contributed by atoms with Crippen LogP contribution in [0.15, 0.2) is 28.2 Å². The number of carbonyl (C=O) groups is 3. The minimum atomic E-state index is -0.547. The van der Waals surface area contributed by atoms with Crippen LogP contribution in [0.25, 0.3) is 0 Å². The summed E-state index contributed by atoms with van der Waals surface area (Å²) in [5, 5.41) is 3.80. The van der Waals surface area contributed by atoms with Crippen molar-refractivity contribution in [1.29, 1.82) is 0 Å². The van der Waals surface area contributed by atoms with Gasteiger partial charge in [0.15, 0.2) is 5.78 Å². The summed E-state index contributed by atoms with van der Waals surface area (Å²) in [6, 6.07) is 4.55. The second-order valence-electron chi connectivity index (χ2n) is 3.95. The van der Waals surface area contributed by atoms with E-state index in [0.717, 1.165) is 0 Å². The minimum absolute atomic E-state index is 0.0275. The lowest BCUT2D eigenvalue weighted by atomic mass is 10.2. The second-order valence-corrected chi connectivity index (χ2v) is 3.95. The molecule has 1 N–H and O–H groups in total. The lowest BCUT2D eigenvalue weighted by molar-refractivity contribution is -0.124. The summed E-state index contributed by atoms with van der Waals surface area (Å²) in [5.74, 6) is -0.378. The van der Waals surface area contributed by atoms with Crippen molar-refractivity contribution in [2.75, 3.05) is 11.9 Å². The van der Waals surface area contributed by atoms with Crippen LogP contribution < -0.4 is 16.0 Å². The number of nitrogens with zero attached hydrogens (tertiary/aromatic N) is 2. The Hall–Kier alpha value is -2.37. The maximum Gasteiger partial charge on any atom is 0.368 e. The monoisotopic (exact) mass is 245 g/mol. The fourth-order valence-corrected chi connectivity index (χ4v) is 1.64. The number of benzene rings is 1. The number of nitrogens with one attached hydrogen (secondary N) is 1. The molecule has 1 aromatic carbocycles. The number of hydrogen-bond donors (Lipinski definition) is 1. The Morgan fingerprint density at radius 1 is 1.28 bits per heavy atom. The van der Waals surface area contributed by atoms with E-state index in [1.165, 1.54) is 6.92 Å². The summed E-state index contributed by atoms with van der Waals surface area (Å²) in [5.41, 5.74) is 0.569. The first-order valence-corrected chi connectivity index (χ1v) is 5.42. The highest BCUT2D eigenvalue weighted by atomic mass is 16.2. The van der Waals surface area contributed by atoms with E-state index in [0.29, 0.717) is 16.4 Å². The average molecular weight is 245 g/mol. The van der Waals surface area contributed by atoms with E-state index in [2.05, 4.69) is 15.3 Å². The number of para-hydroxylation sites is 1. The van der Waals surface area contributed by atoms with E-state index in [1.807, 2.05) is 0 Å². The molecule has 0 aliphatic carbocycles. The van der Waals surface area contributed by atoms with Gasteiger partial charge in [-0.25, -0.2) is 4.79 Å². The number of urea groups is 1. The van der Waals surface area contributed by atoms with Gasteiger partial charge in [0.2, 0.25) is 0 Å². The largest absolute Gasteiger partial charge is 0.376 e. The van der Waals surface area contributed by atoms with Crippen molar-refractivity contribution in [3.63, 3.8) is 0 Å². The Balaban J connectivity index is 2.14. The van der Waals surface area contributed by atoms with Gasteiger partial charge in [-0.05, 0) is 19.1 Å². The number of anilines is 1. The van der Waals surface area contributed by atoms with Crippen LogP contribution in [-0.2, 0) is 9.59 Å². The van der Waals surface area contributed by atoms with Crippen LogP contribution in [0.3, 0.4) is 0 Å². The minimum Gasteiger partial charge on any atom is -0.376 e. The standard InChI is InChI=1S/C12H11N3O3/c1-7(16)5-8(17)6-13-9-3-2-4-10-11(9)15-12(18)14-10/h2-4,13H,5-6H2,1H3. The van der Waals surface area contributed by atoms with E-state index in [-0.39, 0.29) is 24.5 Å². The number of Topliss-reactive ketones (excluding diaryl/α,β-unsaturated/α-hetero) is 2. The van der Waals surface area contributed by atoms with Crippen LogP contribution in [0, 0.1) is 0 Å². The molecule has 1 aliphatic heterocycles. The fourth-order valence-electron chi connectivity index (χ4n) is 1.64. The molecule has 1 aliphatic rings. The van der Waals surface area contributed by atoms with E-state index >= 15 is 0 Å². The van der Waals surface area contributed by atoms with Gasteiger partial charge >= 0.3 is 6.03 Å². The summed E-state index contributed by atoms with van der Waals surface area (Å²) in [4.78, 5) is 40.7. The Bertz CT molecular complexity index is 649. The predicted octanol–water partition coefficient (Wildman–Crippen LogP) is 0.0195. The van der Waals surface area contributed by atoms with Crippen molar-refractivity contribution < 1.29 is 14.4 Å². The second kappa shape index (κ2) is 4.87. The summed E-state index contributed by atoms with van der Waals surface area (Å²) in [6.45, 7) is 1.39. The molecular formula is C12H11N3O3. The predicted molar refractivity (Wildman–Crippen MR) is 62.9 cm³/mol. The van der Waals surface area contributed by atoms with Crippen molar-refractivity contribution in [1.82, 2.24) is 0 Å². The summed E-state index contributed by atoms with van der Waals surface area (Å²) >= 11 is 0. The zero-order chi connectivity index (χ0) is 13.1. The molecule has 0 aromatic heterocycles. The molecule has 92 valence electrons. The van der Waals surface area contributed by atoms with Crippen LogP contribution in [0.4, 0.5) is 10.5 Å². The van der Waals surface area contributed by atoms with Crippen LogP contribution in [-0.4, -0.2) is 24.1 Å². The van der Waals surface area contributed by atoms with Crippen molar-refractivity contribution in [3.8, 4) is 0 Å². The van der Waals surface area contributed by atoms with Crippen LogP contribution in [0.2, 0.25) is 0 Å². The van der Waals surface area contributed by atoms with Crippen LogP contribution in [0.1, 0.15) is 13.3 Å². The first-order chi connectivity index (χ1) is 8.56. The van der Waals surface area contributed by atoms with Gasteiger partial charge in [0.25, 0.3) is 0 Å². The Labute approximate surface area is 102 Å². The SMILES string of the molecule is CC(=O)CC(=O)CNc1cccc2c1=NC(=O)N=2. The van der Waals surface area contributed by atoms with Gasteiger partial charge in [0, 0.05) is 0 Å². The molecule has 0 spiro atoms. The van der Waals surface area contributed by atoms with Gasteiger partial charge in [-0.15, -0.1) is 0 Å². The molecule has 0 saturated carbocycles. The molecule has 2 rings (SSSR count). The van der Waals surface area contributed by atoms with Crippen molar-refractivity contribution in [3.05, 3.63) is 28.9 Å². The summed E-state index contributed by atoms with van der Waals surface area (Å²) < 4.78 is 0. The van der Waals surface area contributed by atoms with Crippen LogP contribution >= 0.6 is 0 Å². The highest BCUT2D eigenvalue weighted by molar-refractivity contribution is 5.99. The van der Waals surface area contributed by atoms with E-state index in [4.69, 9.17) is 0 Å². The molecule has 1 heterocycles. The van der Waals surface area contributed by atoms with E-state index in [9.17, 15) is 14.4 Å². The van der Waals surface area contributed by atoms with Gasteiger partial charge < -0.3 is 5.32 Å². The maximum atomic E-state index is 11.4. The Morgan fingerprint density at radius 3 is 2.78 bits per heavy atom. The number of amides is 2. The molecule has 0 bridgehead atoms.